The first kappa shape index (κ1) is 9.09. The number of fused-ring (bicyclic) bond motifs is 1. The van der Waals surface area contributed by atoms with Crippen molar-refractivity contribution in [2.45, 2.75) is 12.8 Å². The lowest BCUT2D eigenvalue weighted by Crippen LogP contribution is -1.96. The molecule has 0 aliphatic heterocycles. The Balaban J connectivity index is 2.32. The fraction of sp³-hybridized carbons (Fsp3) is 0.273. The van der Waals surface area contributed by atoms with Crippen LogP contribution in [0.1, 0.15) is 12.2 Å². The van der Waals surface area contributed by atoms with Gasteiger partial charge in [0.15, 0.2) is 0 Å². The molecule has 0 fully saturated rings. The van der Waals surface area contributed by atoms with Crippen LogP contribution in [0.2, 0.25) is 0 Å². The Hall–Kier alpha value is -1.48. The van der Waals surface area contributed by atoms with Crippen molar-refractivity contribution >= 4 is 10.9 Å². The van der Waals surface area contributed by atoms with Gasteiger partial charge in [0.2, 0.25) is 0 Å². The molecule has 1 aromatic carbocycles. The van der Waals surface area contributed by atoms with Crippen molar-refractivity contribution in [2.75, 3.05) is 6.61 Å². The zero-order valence-corrected chi connectivity index (χ0v) is 7.85. The molecule has 72 valence electrons. The number of rotatable bonds is 3. The van der Waals surface area contributed by atoms with Crippen LogP contribution >= 0.6 is 0 Å². The normalized spacial score (nSPS) is 10.6. The van der Waals surface area contributed by atoms with Crippen molar-refractivity contribution < 1.29 is 5.11 Å². The second-order valence-corrected chi connectivity index (χ2v) is 3.17. The Morgan fingerprint density at radius 1 is 1.21 bits per heavy atom. The summed E-state index contributed by atoms with van der Waals surface area (Å²) in [6.07, 6.45) is 3.29. The third-order valence-corrected chi connectivity index (χ3v) is 2.10. The molecule has 0 saturated heterocycles. The SMILES string of the molecule is OCCCc1ncc2ccccc2n1. The van der Waals surface area contributed by atoms with Gasteiger partial charge in [0.25, 0.3) is 0 Å². The van der Waals surface area contributed by atoms with Crippen LogP contribution < -0.4 is 0 Å². The van der Waals surface area contributed by atoms with Crippen LogP contribution in [0.15, 0.2) is 30.5 Å². The Bertz CT molecular complexity index is 428. The van der Waals surface area contributed by atoms with E-state index >= 15 is 0 Å². The highest BCUT2D eigenvalue weighted by Gasteiger charge is 1.98. The maximum Gasteiger partial charge on any atom is 0.129 e. The number of nitrogens with zero attached hydrogens (tertiary/aromatic N) is 2. The fourth-order valence-corrected chi connectivity index (χ4v) is 1.37. The average Bonchev–Trinajstić information content (AvgIpc) is 2.26. The lowest BCUT2D eigenvalue weighted by atomic mass is 10.2. The number of para-hydroxylation sites is 1. The summed E-state index contributed by atoms with van der Waals surface area (Å²) in [6.45, 7) is 0.191. The van der Waals surface area contributed by atoms with E-state index in [0.29, 0.717) is 0 Å². The molecule has 0 atom stereocenters. The number of aliphatic hydroxyl groups excluding tert-OH is 1. The molecule has 0 spiro atoms. The lowest BCUT2D eigenvalue weighted by Gasteiger charge is -2.00. The first-order valence-electron chi connectivity index (χ1n) is 4.71. The molecular formula is C11H12N2O. The van der Waals surface area contributed by atoms with Gasteiger partial charge in [-0.25, -0.2) is 9.97 Å². The van der Waals surface area contributed by atoms with E-state index in [1.54, 1.807) is 0 Å². The first-order chi connectivity index (χ1) is 6.90. The third kappa shape index (κ3) is 1.88. The molecule has 0 amide bonds. The number of benzene rings is 1. The highest BCUT2D eigenvalue weighted by molar-refractivity contribution is 5.77. The van der Waals surface area contributed by atoms with Crippen LogP contribution in [-0.4, -0.2) is 21.7 Å². The predicted molar refractivity (Wildman–Crippen MR) is 54.9 cm³/mol. The highest BCUT2D eigenvalue weighted by atomic mass is 16.2. The Morgan fingerprint density at radius 3 is 2.93 bits per heavy atom. The minimum Gasteiger partial charge on any atom is -0.396 e. The van der Waals surface area contributed by atoms with Crippen LogP contribution in [0.4, 0.5) is 0 Å². The largest absolute Gasteiger partial charge is 0.396 e. The van der Waals surface area contributed by atoms with E-state index in [4.69, 9.17) is 5.11 Å². The molecule has 2 aromatic rings. The molecule has 0 saturated carbocycles. The Labute approximate surface area is 82.4 Å². The van der Waals surface area contributed by atoms with Crippen molar-refractivity contribution in [1.82, 2.24) is 9.97 Å². The molecule has 1 N–H and O–H groups in total. The van der Waals surface area contributed by atoms with Gasteiger partial charge in [-0.1, -0.05) is 18.2 Å². The van der Waals surface area contributed by atoms with Crippen molar-refractivity contribution in [1.29, 1.82) is 0 Å². The molecule has 3 heteroatoms. The molecule has 1 aromatic heterocycles. The van der Waals surface area contributed by atoms with Gasteiger partial charge in [0, 0.05) is 24.6 Å². The van der Waals surface area contributed by atoms with Crippen LogP contribution in [0.3, 0.4) is 0 Å². The van der Waals surface area contributed by atoms with Crippen molar-refractivity contribution in [3.63, 3.8) is 0 Å². The van der Waals surface area contributed by atoms with Crippen LogP contribution in [-0.2, 0) is 6.42 Å². The Morgan fingerprint density at radius 2 is 2.07 bits per heavy atom. The Kier molecular flexibility index (Phi) is 2.70. The van der Waals surface area contributed by atoms with E-state index in [0.717, 1.165) is 29.6 Å². The number of aromatic nitrogens is 2. The number of aliphatic hydroxyl groups is 1. The molecule has 0 radical (unpaired) electrons. The smallest absolute Gasteiger partial charge is 0.129 e. The monoisotopic (exact) mass is 188 g/mol. The second kappa shape index (κ2) is 4.15. The highest BCUT2D eigenvalue weighted by Crippen LogP contribution is 2.09. The van der Waals surface area contributed by atoms with Gasteiger partial charge in [-0.3, -0.25) is 0 Å². The van der Waals surface area contributed by atoms with Gasteiger partial charge in [0.05, 0.1) is 5.52 Å². The quantitative estimate of drug-likeness (QED) is 0.795. The van der Waals surface area contributed by atoms with Gasteiger partial charge < -0.3 is 5.11 Å². The topological polar surface area (TPSA) is 46.0 Å². The fourth-order valence-electron chi connectivity index (χ4n) is 1.37. The molecular weight excluding hydrogens is 176 g/mol. The molecule has 3 nitrogen and oxygen atoms in total. The summed E-state index contributed by atoms with van der Waals surface area (Å²) in [5, 5.41) is 9.74. The molecule has 0 aliphatic rings. The molecule has 0 bridgehead atoms. The van der Waals surface area contributed by atoms with Gasteiger partial charge in [-0.15, -0.1) is 0 Å². The van der Waals surface area contributed by atoms with Gasteiger partial charge >= 0.3 is 0 Å². The standard InChI is InChI=1S/C11H12N2O/c14-7-3-6-11-12-8-9-4-1-2-5-10(9)13-11/h1-2,4-5,8,14H,3,6-7H2. The van der Waals surface area contributed by atoms with Crippen molar-refractivity contribution in [3.8, 4) is 0 Å². The molecule has 2 rings (SSSR count). The number of hydrogen-bond donors (Lipinski definition) is 1. The van der Waals surface area contributed by atoms with E-state index < -0.39 is 0 Å². The van der Waals surface area contributed by atoms with E-state index in [1.165, 1.54) is 0 Å². The maximum absolute atomic E-state index is 8.69. The third-order valence-electron chi connectivity index (χ3n) is 2.10. The zero-order valence-electron chi connectivity index (χ0n) is 7.85. The summed E-state index contributed by atoms with van der Waals surface area (Å²) < 4.78 is 0. The summed E-state index contributed by atoms with van der Waals surface area (Å²) in [5.41, 5.74) is 0.968. The molecule has 14 heavy (non-hydrogen) atoms. The van der Waals surface area contributed by atoms with Gasteiger partial charge in [-0.05, 0) is 12.5 Å². The number of aryl methyl sites for hydroxylation is 1. The van der Waals surface area contributed by atoms with E-state index in [-0.39, 0.29) is 6.61 Å². The predicted octanol–water partition coefficient (Wildman–Crippen LogP) is 1.55. The van der Waals surface area contributed by atoms with E-state index in [9.17, 15) is 0 Å². The van der Waals surface area contributed by atoms with Crippen LogP contribution in [0.25, 0.3) is 10.9 Å². The molecule has 0 unspecified atom stereocenters. The summed E-state index contributed by atoms with van der Waals surface area (Å²) in [4.78, 5) is 8.61. The molecule has 0 aliphatic carbocycles. The van der Waals surface area contributed by atoms with Gasteiger partial charge in [0.1, 0.15) is 5.82 Å². The average molecular weight is 188 g/mol. The van der Waals surface area contributed by atoms with E-state index in [1.807, 2.05) is 30.5 Å². The molecule has 1 heterocycles. The first-order valence-corrected chi connectivity index (χ1v) is 4.71. The summed E-state index contributed by atoms with van der Waals surface area (Å²) in [7, 11) is 0. The van der Waals surface area contributed by atoms with Crippen LogP contribution in [0, 0.1) is 0 Å². The van der Waals surface area contributed by atoms with Crippen molar-refractivity contribution in [3.05, 3.63) is 36.3 Å². The number of hydrogen-bond acceptors (Lipinski definition) is 3. The van der Waals surface area contributed by atoms with Crippen molar-refractivity contribution in [2.24, 2.45) is 0 Å². The summed E-state index contributed by atoms with van der Waals surface area (Å²) in [6, 6.07) is 7.90. The minimum absolute atomic E-state index is 0.191. The summed E-state index contributed by atoms with van der Waals surface area (Å²) >= 11 is 0. The van der Waals surface area contributed by atoms with Gasteiger partial charge in [-0.2, -0.15) is 0 Å². The van der Waals surface area contributed by atoms with E-state index in [2.05, 4.69) is 9.97 Å². The lowest BCUT2D eigenvalue weighted by molar-refractivity contribution is 0.287. The minimum atomic E-state index is 0.191. The van der Waals surface area contributed by atoms with Crippen LogP contribution in [0.5, 0.6) is 0 Å². The summed E-state index contributed by atoms with van der Waals surface area (Å²) in [5.74, 6) is 0.803. The zero-order chi connectivity index (χ0) is 9.80. The maximum atomic E-state index is 8.69. The second-order valence-electron chi connectivity index (χ2n) is 3.17.